The van der Waals surface area contributed by atoms with Gasteiger partial charge in [0.25, 0.3) is 0 Å². The van der Waals surface area contributed by atoms with Crippen molar-refractivity contribution < 1.29 is 13.2 Å². The van der Waals surface area contributed by atoms with Crippen LogP contribution in [0.4, 0.5) is 13.2 Å². The van der Waals surface area contributed by atoms with Gasteiger partial charge in [0.15, 0.2) is 5.96 Å². The van der Waals surface area contributed by atoms with Gasteiger partial charge < -0.3 is 10.6 Å². The number of piperidine rings is 2. The van der Waals surface area contributed by atoms with Crippen molar-refractivity contribution in [1.29, 1.82) is 0 Å². The average molecular weight is 462 g/mol. The molecule has 0 saturated carbocycles. The van der Waals surface area contributed by atoms with E-state index in [-0.39, 0.29) is 24.0 Å². The fraction of sp³-hybridized carbons (Fsp3) is 0.938. The number of nitrogens with two attached hydrogens (primary N) is 1. The second-order valence-corrected chi connectivity index (χ2v) is 7.03. The average Bonchev–Trinajstić information content (AvgIpc) is 2.48. The molecule has 0 spiro atoms. The molecule has 4 nitrogen and oxygen atoms in total. The first-order valence-electron chi connectivity index (χ1n) is 8.67. The van der Waals surface area contributed by atoms with Gasteiger partial charge >= 0.3 is 6.18 Å². The lowest BCUT2D eigenvalue weighted by molar-refractivity contribution is -0.148. The molecule has 0 aromatic carbocycles. The summed E-state index contributed by atoms with van der Waals surface area (Å²) in [5.74, 6) is 1.87. The van der Waals surface area contributed by atoms with Crippen molar-refractivity contribution in [3.05, 3.63) is 0 Å². The largest absolute Gasteiger partial charge is 0.401 e. The highest BCUT2D eigenvalue weighted by atomic mass is 127. The molecule has 0 aromatic rings. The van der Waals surface area contributed by atoms with Gasteiger partial charge in [-0.2, -0.15) is 13.2 Å². The third-order valence-electron chi connectivity index (χ3n) is 5.03. The topological polar surface area (TPSA) is 44.9 Å². The van der Waals surface area contributed by atoms with E-state index >= 15 is 0 Å². The molecule has 0 amide bonds. The molecule has 0 aliphatic carbocycles. The number of hydrogen-bond donors (Lipinski definition) is 1. The Kier molecular flexibility index (Phi) is 9.11. The molecule has 8 heteroatoms. The summed E-state index contributed by atoms with van der Waals surface area (Å²) in [6.45, 7) is 5.19. The molecular weight excluding hydrogens is 432 g/mol. The summed E-state index contributed by atoms with van der Waals surface area (Å²) < 4.78 is 37.1. The van der Waals surface area contributed by atoms with Crippen LogP contribution in [-0.2, 0) is 0 Å². The summed E-state index contributed by atoms with van der Waals surface area (Å²) in [5, 5.41) is 0. The predicted molar refractivity (Wildman–Crippen MR) is 102 cm³/mol. The summed E-state index contributed by atoms with van der Waals surface area (Å²) >= 11 is 0. The number of aliphatic imine (C=N–C) groups is 1. The maximum absolute atomic E-state index is 12.4. The van der Waals surface area contributed by atoms with E-state index in [9.17, 15) is 13.2 Å². The summed E-state index contributed by atoms with van der Waals surface area (Å²) in [5.41, 5.74) is 6.04. The van der Waals surface area contributed by atoms with Gasteiger partial charge in [-0.25, -0.2) is 0 Å². The third kappa shape index (κ3) is 7.76. The van der Waals surface area contributed by atoms with Crippen molar-refractivity contribution in [3.63, 3.8) is 0 Å². The normalized spacial score (nSPS) is 22.5. The second-order valence-electron chi connectivity index (χ2n) is 7.03. The highest BCUT2D eigenvalue weighted by Gasteiger charge is 2.32. The van der Waals surface area contributed by atoms with Gasteiger partial charge in [0, 0.05) is 19.6 Å². The monoisotopic (exact) mass is 462 g/mol. The van der Waals surface area contributed by atoms with Crippen LogP contribution in [0.2, 0.25) is 0 Å². The third-order valence-corrected chi connectivity index (χ3v) is 5.03. The molecule has 2 N–H and O–H groups in total. The zero-order valence-electron chi connectivity index (χ0n) is 14.4. The van der Waals surface area contributed by atoms with E-state index < -0.39 is 12.7 Å². The first kappa shape index (κ1) is 21.8. The number of hydrogen-bond acceptors (Lipinski definition) is 2. The lowest BCUT2D eigenvalue weighted by atomic mass is 9.93. The van der Waals surface area contributed by atoms with Crippen molar-refractivity contribution in [2.45, 2.75) is 45.2 Å². The van der Waals surface area contributed by atoms with Crippen molar-refractivity contribution in [2.75, 3.05) is 39.3 Å². The molecule has 24 heavy (non-hydrogen) atoms. The molecule has 0 aromatic heterocycles. The molecule has 142 valence electrons. The minimum atomic E-state index is -4.09. The van der Waals surface area contributed by atoms with Crippen LogP contribution in [-0.4, -0.2) is 61.2 Å². The maximum atomic E-state index is 12.4. The zero-order chi connectivity index (χ0) is 16.9. The molecule has 0 radical (unpaired) electrons. The highest BCUT2D eigenvalue weighted by molar-refractivity contribution is 14.0. The van der Waals surface area contributed by atoms with Gasteiger partial charge in [0.2, 0.25) is 0 Å². The van der Waals surface area contributed by atoms with Gasteiger partial charge in [-0.05, 0) is 57.0 Å². The maximum Gasteiger partial charge on any atom is 0.401 e. The van der Waals surface area contributed by atoms with Gasteiger partial charge in [-0.15, -0.1) is 24.0 Å². The summed E-state index contributed by atoms with van der Waals surface area (Å²) in [6, 6.07) is 0. The number of nitrogens with zero attached hydrogens (tertiary/aromatic N) is 3. The Bertz CT molecular complexity index is 387. The van der Waals surface area contributed by atoms with Crippen molar-refractivity contribution >= 4 is 29.9 Å². The Hall–Kier alpha value is -0.250. The van der Waals surface area contributed by atoms with Gasteiger partial charge in [0.05, 0.1) is 6.54 Å². The van der Waals surface area contributed by atoms with Crippen LogP contribution in [0.1, 0.15) is 39.0 Å². The number of halogens is 4. The molecular formula is C16H30F3IN4. The smallest absolute Gasteiger partial charge is 0.370 e. The first-order valence-corrected chi connectivity index (χ1v) is 8.67. The van der Waals surface area contributed by atoms with Crippen LogP contribution >= 0.6 is 24.0 Å². The molecule has 2 fully saturated rings. The van der Waals surface area contributed by atoms with Crippen LogP contribution < -0.4 is 5.73 Å². The lowest BCUT2D eigenvalue weighted by Crippen LogP contribution is -2.42. The fourth-order valence-corrected chi connectivity index (χ4v) is 3.39. The number of guanidine groups is 1. The number of likely N-dealkylation sites (tertiary alicyclic amines) is 2. The van der Waals surface area contributed by atoms with E-state index in [4.69, 9.17) is 5.73 Å². The zero-order valence-corrected chi connectivity index (χ0v) is 16.7. The number of rotatable bonds is 4. The SMILES string of the molecule is CC1CCN(C(N)=NCCC2CCN(CC(F)(F)F)CC2)CC1.I. The van der Waals surface area contributed by atoms with E-state index in [1.165, 1.54) is 4.90 Å². The highest BCUT2D eigenvalue weighted by Crippen LogP contribution is 2.24. The van der Waals surface area contributed by atoms with Gasteiger partial charge in [-0.3, -0.25) is 9.89 Å². The van der Waals surface area contributed by atoms with Crippen molar-refractivity contribution in [1.82, 2.24) is 9.80 Å². The van der Waals surface area contributed by atoms with Crippen LogP contribution in [0.25, 0.3) is 0 Å². The van der Waals surface area contributed by atoms with Crippen molar-refractivity contribution in [3.8, 4) is 0 Å². The standard InChI is InChI=1S/C16H29F3N4.HI/c1-13-3-10-23(11-4-13)15(20)21-7-2-14-5-8-22(9-6-14)12-16(17,18)19;/h13-14H,2-12H2,1H3,(H2,20,21);1H. The molecule has 2 aliphatic heterocycles. The van der Waals surface area contributed by atoms with E-state index in [0.29, 0.717) is 31.5 Å². The molecule has 2 aliphatic rings. The Morgan fingerprint density at radius 1 is 1.08 bits per heavy atom. The second kappa shape index (κ2) is 10.0. The molecule has 0 unspecified atom stereocenters. The molecule has 0 atom stereocenters. The van der Waals surface area contributed by atoms with Crippen molar-refractivity contribution in [2.24, 2.45) is 22.6 Å². The number of alkyl halides is 3. The summed E-state index contributed by atoms with van der Waals surface area (Å²) in [4.78, 5) is 8.12. The first-order chi connectivity index (χ1) is 10.8. The van der Waals surface area contributed by atoms with E-state index in [0.717, 1.165) is 51.1 Å². The Labute approximate surface area is 160 Å². The van der Waals surface area contributed by atoms with E-state index in [1.54, 1.807) is 0 Å². The Balaban J connectivity index is 0.00000288. The molecule has 2 heterocycles. The Morgan fingerprint density at radius 2 is 1.67 bits per heavy atom. The fourth-order valence-electron chi connectivity index (χ4n) is 3.39. The van der Waals surface area contributed by atoms with Crippen LogP contribution in [0, 0.1) is 11.8 Å². The molecule has 2 rings (SSSR count). The van der Waals surface area contributed by atoms with E-state index in [2.05, 4.69) is 16.8 Å². The summed E-state index contributed by atoms with van der Waals surface area (Å²) in [7, 11) is 0. The minimum Gasteiger partial charge on any atom is -0.370 e. The van der Waals surface area contributed by atoms with Gasteiger partial charge in [0.1, 0.15) is 0 Å². The van der Waals surface area contributed by atoms with Crippen LogP contribution in [0.15, 0.2) is 4.99 Å². The van der Waals surface area contributed by atoms with Gasteiger partial charge in [-0.1, -0.05) is 6.92 Å². The Morgan fingerprint density at radius 3 is 2.21 bits per heavy atom. The van der Waals surface area contributed by atoms with Crippen LogP contribution in [0.5, 0.6) is 0 Å². The minimum absolute atomic E-state index is 0. The lowest BCUT2D eigenvalue weighted by Gasteiger charge is -2.32. The van der Waals surface area contributed by atoms with Crippen LogP contribution in [0.3, 0.4) is 0 Å². The quantitative estimate of drug-likeness (QED) is 0.396. The molecule has 2 saturated heterocycles. The predicted octanol–water partition coefficient (Wildman–Crippen LogP) is 3.32. The molecule has 0 bridgehead atoms. The summed E-state index contributed by atoms with van der Waals surface area (Å²) in [6.07, 6.45) is 0.809. The van der Waals surface area contributed by atoms with E-state index in [1.807, 2.05) is 0 Å².